The summed E-state index contributed by atoms with van der Waals surface area (Å²) >= 11 is 0. The molecule has 1 aromatic heterocycles. The van der Waals surface area contributed by atoms with Crippen molar-refractivity contribution in [2.75, 3.05) is 13.2 Å². The average molecular weight is 275 g/mol. The number of amides is 1. The van der Waals surface area contributed by atoms with Gasteiger partial charge in [0.1, 0.15) is 18.2 Å². The van der Waals surface area contributed by atoms with Gasteiger partial charge in [-0.1, -0.05) is 0 Å². The number of aryl methyl sites for hydroxylation is 1. The van der Waals surface area contributed by atoms with Crippen LogP contribution in [0.1, 0.15) is 24.0 Å². The fraction of sp³-hybridized carbons (Fsp3) is 0.500. The normalized spacial score (nSPS) is 17.7. The molecule has 0 bridgehead atoms. The molecule has 1 saturated heterocycles. The Morgan fingerprint density at radius 1 is 1.65 bits per heavy atom. The number of nitrogens with one attached hydrogen (secondary N) is 1. The van der Waals surface area contributed by atoms with E-state index in [9.17, 15) is 9.59 Å². The van der Waals surface area contributed by atoms with E-state index in [1.807, 2.05) is 6.07 Å². The van der Waals surface area contributed by atoms with Crippen LogP contribution in [0.5, 0.6) is 0 Å². The maximum Gasteiger partial charge on any atom is 0.269 e. The second-order valence-corrected chi connectivity index (χ2v) is 4.86. The Hall–Kier alpha value is -2.13. The van der Waals surface area contributed by atoms with Crippen LogP contribution < -0.4 is 10.9 Å². The molecule has 106 valence electrons. The lowest BCUT2D eigenvalue weighted by molar-refractivity contribution is -0.122. The molecule has 6 heteroatoms. The van der Waals surface area contributed by atoms with E-state index in [1.54, 1.807) is 13.0 Å². The molecule has 0 aliphatic carbocycles. The van der Waals surface area contributed by atoms with E-state index in [-0.39, 0.29) is 24.1 Å². The van der Waals surface area contributed by atoms with Gasteiger partial charge in [-0.15, -0.1) is 0 Å². The minimum atomic E-state index is -0.431. The Bertz CT molecular complexity index is 595. The average Bonchev–Trinajstić information content (AvgIpc) is 2.94. The van der Waals surface area contributed by atoms with Gasteiger partial charge < -0.3 is 14.6 Å². The molecule has 0 unspecified atom stereocenters. The van der Waals surface area contributed by atoms with Gasteiger partial charge in [0, 0.05) is 19.3 Å². The van der Waals surface area contributed by atoms with Gasteiger partial charge in [-0.3, -0.25) is 9.59 Å². The first-order valence-electron chi connectivity index (χ1n) is 6.60. The van der Waals surface area contributed by atoms with Gasteiger partial charge in [-0.2, -0.15) is 5.26 Å². The number of nitriles is 1. The van der Waals surface area contributed by atoms with Gasteiger partial charge in [0.25, 0.3) is 5.56 Å². The van der Waals surface area contributed by atoms with Gasteiger partial charge in [-0.05, 0) is 31.4 Å². The summed E-state index contributed by atoms with van der Waals surface area (Å²) in [5.74, 6) is -0.254. The first-order chi connectivity index (χ1) is 9.61. The van der Waals surface area contributed by atoms with Gasteiger partial charge >= 0.3 is 0 Å². The number of rotatable bonds is 4. The van der Waals surface area contributed by atoms with Crippen molar-refractivity contribution in [3.05, 3.63) is 33.7 Å². The zero-order chi connectivity index (χ0) is 14.5. The molecule has 6 nitrogen and oxygen atoms in total. The fourth-order valence-corrected chi connectivity index (χ4v) is 2.17. The molecule has 1 aromatic rings. The highest BCUT2D eigenvalue weighted by Crippen LogP contribution is 2.10. The lowest BCUT2D eigenvalue weighted by atomic mass is 10.2. The molecule has 1 aliphatic heterocycles. The van der Waals surface area contributed by atoms with E-state index in [1.165, 1.54) is 10.8 Å². The van der Waals surface area contributed by atoms with Crippen LogP contribution in [0.15, 0.2) is 17.1 Å². The molecule has 2 rings (SSSR count). The van der Waals surface area contributed by atoms with Crippen molar-refractivity contribution in [2.45, 2.75) is 32.4 Å². The molecule has 1 aliphatic rings. The smallest absolute Gasteiger partial charge is 0.269 e. The summed E-state index contributed by atoms with van der Waals surface area (Å²) < 4.78 is 6.65. The van der Waals surface area contributed by atoms with Gasteiger partial charge in [-0.25, -0.2) is 0 Å². The van der Waals surface area contributed by atoms with Crippen molar-refractivity contribution < 1.29 is 9.53 Å². The quantitative estimate of drug-likeness (QED) is 0.858. The fourth-order valence-electron chi connectivity index (χ4n) is 2.17. The molecule has 0 aromatic carbocycles. The molecule has 1 atom stereocenters. The molecule has 1 amide bonds. The predicted octanol–water partition coefficient (Wildman–Crippen LogP) is 0.324. The predicted molar refractivity (Wildman–Crippen MR) is 72.1 cm³/mol. The summed E-state index contributed by atoms with van der Waals surface area (Å²) in [6.07, 6.45) is 3.57. The number of carbonyl (C=O) groups is 1. The SMILES string of the molecule is Cc1ccn(CC(=O)NC[C@H]2CCCO2)c(=O)c1C#N. The van der Waals surface area contributed by atoms with E-state index in [2.05, 4.69) is 5.32 Å². The van der Waals surface area contributed by atoms with Crippen LogP contribution in [-0.4, -0.2) is 29.7 Å². The summed E-state index contributed by atoms with van der Waals surface area (Å²) in [7, 11) is 0. The summed E-state index contributed by atoms with van der Waals surface area (Å²) in [4.78, 5) is 23.7. The molecule has 0 spiro atoms. The molecule has 2 heterocycles. The summed E-state index contributed by atoms with van der Waals surface area (Å²) in [5.41, 5.74) is 0.271. The van der Waals surface area contributed by atoms with Crippen molar-refractivity contribution in [1.29, 1.82) is 5.26 Å². The van der Waals surface area contributed by atoms with Crippen LogP contribution in [0.4, 0.5) is 0 Å². The number of aromatic nitrogens is 1. The molecular formula is C14H17N3O3. The van der Waals surface area contributed by atoms with Crippen molar-refractivity contribution in [2.24, 2.45) is 0 Å². The zero-order valence-electron chi connectivity index (χ0n) is 11.4. The third-order valence-electron chi connectivity index (χ3n) is 3.35. The molecule has 20 heavy (non-hydrogen) atoms. The van der Waals surface area contributed by atoms with Crippen molar-refractivity contribution in [3.63, 3.8) is 0 Å². The number of hydrogen-bond acceptors (Lipinski definition) is 4. The summed E-state index contributed by atoms with van der Waals surface area (Å²) in [5, 5.41) is 11.7. The second-order valence-electron chi connectivity index (χ2n) is 4.86. The minimum Gasteiger partial charge on any atom is -0.376 e. The standard InChI is InChI=1S/C14H17N3O3/c1-10-4-5-17(14(19)12(10)7-15)9-13(18)16-8-11-3-2-6-20-11/h4-5,11H,2-3,6,8-9H2,1H3,(H,16,18)/t11-/m1/s1. The monoisotopic (exact) mass is 275 g/mol. The minimum absolute atomic E-state index is 0.0726. The van der Waals surface area contributed by atoms with Gasteiger partial charge in [0.2, 0.25) is 5.91 Å². The Balaban J connectivity index is 1.97. The maximum absolute atomic E-state index is 12.0. The van der Waals surface area contributed by atoms with Crippen LogP contribution in [-0.2, 0) is 16.1 Å². The van der Waals surface area contributed by atoms with Crippen LogP contribution in [0.3, 0.4) is 0 Å². The maximum atomic E-state index is 12.0. The highest BCUT2D eigenvalue weighted by molar-refractivity contribution is 5.75. The third kappa shape index (κ3) is 3.25. The summed E-state index contributed by atoms with van der Waals surface area (Å²) in [6.45, 7) is 2.82. The second kappa shape index (κ2) is 6.35. The van der Waals surface area contributed by atoms with Crippen molar-refractivity contribution in [3.8, 4) is 6.07 Å². The van der Waals surface area contributed by atoms with E-state index in [0.717, 1.165) is 19.4 Å². The van der Waals surface area contributed by atoms with E-state index in [4.69, 9.17) is 10.00 Å². The van der Waals surface area contributed by atoms with E-state index < -0.39 is 5.56 Å². The first kappa shape index (κ1) is 14.3. The topological polar surface area (TPSA) is 84.1 Å². The highest BCUT2D eigenvalue weighted by Gasteiger charge is 2.16. The molecular weight excluding hydrogens is 258 g/mol. The van der Waals surface area contributed by atoms with Gasteiger partial charge in [0.05, 0.1) is 6.10 Å². The molecule has 1 N–H and O–H groups in total. The zero-order valence-corrected chi connectivity index (χ0v) is 11.4. The Morgan fingerprint density at radius 3 is 3.10 bits per heavy atom. The number of pyridine rings is 1. The van der Waals surface area contributed by atoms with Crippen LogP contribution in [0.25, 0.3) is 0 Å². The molecule has 0 saturated carbocycles. The van der Waals surface area contributed by atoms with Crippen molar-refractivity contribution in [1.82, 2.24) is 9.88 Å². The number of ether oxygens (including phenoxy) is 1. The van der Waals surface area contributed by atoms with Crippen LogP contribution in [0.2, 0.25) is 0 Å². The highest BCUT2D eigenvalue weighted by atomic mass is 16.5. The number of nitrogens with zero attached hydrogens (tertiary/aromatic N) is 2. The summed E-state index contributed by atoms with van der Waals surface area (Å²) in [6, 6.07) is 3.53. The third-order valence-corrected chi connectivity index (χ3v) is 3.35. The van der Waals surface area contributed by atoms with Crippen LogP contribution in [0, 0.1) is 18.3 Å². The van der Waals surface area contributed by atoms with Crippen LogP contribution >= 0.6 is 0 Å². The number of hydrogen-bond donors (Lipinski definition) is 1. The lowest BCUT2D eigenvalue weighted by Gasteiger charge is -2.12. The number of carbonyl (C=O) groups excluding carboxylic acids is 1. The Morgan fingerprint density at radius 2 is 2.45 bits per heavy atom. The molecule has 1 fully saturated rings. The van der Waals surface area contributed by atoms with E-state index >= 15 is 0 Å². The van der Waals surface area contributed by atoms with Gasteiger partial charge in [0.15, 0.2) is 0 Å². The Kier molecular flexibility index (Phi) is 4.53. The largest absolute Gasteiger partial charge is 0.376 e. The lowest BCUT2D eigenvalue weighted by Crippen LogP contribution is -2.36. The molecule has 0 radical (unpaired) electrons. The first-order valence-corrected chi connectivity index (χ1v) is 6.60. The van der Waals surface area contributed by atoms with Crippen molar-refractivity contribution >= 4 is 5.91 Å². The Labute approximate surface area is 117 Å². The van der Waals surface area contributed by atoms with E-state index in [0.29, 0.717) is 12.1 Å².